The number of ether oxygens (including phenoxy) is 3. The minimum Gasteiger partial charge on any atom is -0.496 e. The smallest absolute Gasteiger partial charge is 0.245 e. The van der Waals surface area contributed by atoms with Crippen LogP contribution in [-0.4, -0.2) is 78.6 Å². The molecule has 0 radical (unpaired) electrons. The van der Waals surface area contributed by atoms with Gasteiger partial charge in [-0.3, -0.25) is 4.90 Å². The number of nitrogens with one attached hydrogen (secondary N) is 1. The average molecular weight is 529 g/mol. The third kappa shape index (κ3) is 4.99. The normalized spacial score (nSPS) is 17.8. The molecule has 6 rings (SSSR count). The standard InChI is InChI=1S/C30H36N6O3/c1-30(35-16-18-39-19-17-35)12-14-34(15-13-30)22-8-10-25(28(20-22)38-3)32-29-31-21-23-9-11-26(36(23)33-29)24-6-4-5-7-27(24)37-2/h4-11,20-21H,12-19H2,1-3H3,(H,32,33). The Hall–Kier alpha value is -3.82. The topological polar surface area (TPSA) is 76.4 Å². The maximum atomic E-state index is 5.79. The van der Waals surface area contributed by atoms with Crippen LogP contribution in [-0.2, 0) is 4.74 Å². The van der Waals surface area contributed by atoms with E-state index < -0.39 is 0 Å². The summed E-state index contributed by atoms with van der Waals surface area (Å²) in [5, 5.41) is 8.15. The van der Waals surface area contributed by atoms with Crippen molar-refractivity contribution in [1.29, 1.82) is 0 Å². The molecule has 2 aromatic heterocycles. The van der Waals surface area contributed by atoms with Gasteiger partial charge in [0.05, 0.1) is 50.5 Å². The molecule has 204 valence electrons. The number of benzene rings is 2. The van der Waals surface area contributed by atoms with Crippen LogP contribution in [0.3, 0.4) is 0 Å². The minimum absolute atomic E-state index is 0.239. The number of fused-ring (bicyclic) bond motifs is 1. The van der Waals surface area contributed by atoms with Gasteiger partial charge in [-0.1, -0.05) is 12.1 Å². The molecule has 39 heavy (non-hydrogen) atoms. The third-order valence-corrected chi connectivity index (χ3v) is 8.19. The molecule has 4 aromatic rings. The number of hydrogen-bond acceptors (Lipinski definition) is 8. The molecule has 9 nitrogen and oxygen atoms in total. The first kappa shape index (κ1) is 25.5. The van der Waals surface area contributed by atoms with Crippen molar-refractivity contribution < 1.29 is 14.2 Å². The molecule has 0 saturated carbocycles. The Morgan fingerprint density at radius 3 is 2.44 bits per heavy atom. The van der Waals surface area contributed by atoms with Gasteiger partial charge < -0.3 is 24.4 Å². The van der Waals surface area contributed by atoms with Crippen LogP contribution in [0.4, 0.5) is 17.3 Å². The summed E-state index contributed by atoms with van der Waals surface area (Å²) >= 11 is 0. The van der Waals surface area contributed by atoms with Crippen molar-refractivity contribution in [3.8, 4) is 22.8 Å². The van der Waals surface area contributed by atoms with Crippen LogP contribution in [0.25, 0.3) is 16.8 Å². The molecule has 0 atom stereocenters. The van der Waals surface area contributed by atoms with Crippen molar-refractivity contribution in [3.63, 3.8) is 0 Å². The van der Waals surface area contributed by atoms with E-state index in [1.807, 2.05) is 53.2 Å². The fourth-order valence-electron chi connectivity index (χ4n) is 5.79. The largest absolute Gasteiger partial charge is 0.496 e. The van der Waals surface area contributed by atoms with Gasteiger partial charge in [-0.25, -0.2) is 9.50 Å². The molecule has 0 amide bonds. The van der Waals surface area contributed by atoms with Crippen LogP contribution < -0.4 is 19.7 Å². The van der Waals surface area contributed by atoms with Crippen LogP contribution >= 0.6 is 0 Å². The van der Waals surface area contributed by atoms with Gasteiger partial charge in [-0.05, 0) is 56.2 Å². The monoisotopic (exact) mass is 528 g/mol. The highest BCUT2D eigenvalue weighted by molar-refractivity contribution is 5.73. The number of aromatic nitrogens is 3. The Bertz CT molecular complexity index is 1440. The van der Waals surface area contributed by atoms with E-state index in [-0.39, 0.29) is 5.54 Å². The summed E-state index contributed by atoms with van der Waals surface area (Å²) in [7, 11) is 3.38. The first-order valence-corrected chi connectivity index (χ1v) is 13.6. The molecule has 2 aliphatic rings. The van der Waals surface area contributed by atoms with Crippen molar-refractivity contribution in [2.45, 2.75) is 25.3 Å². The van der Waals surface area contributed by atoms with Gasteiger partial charge in [0, 0.05) is 49.0 Å². The van der Waals surface area contributed by atoms with E-state index in [1.54, 1.807) is 14.2 Å². The van der Waals surface area contributed by atoms with Gasteiger partial charge in [-0.15, -0.1) is 5.10 Å². The summed E-state index contributed by atoms with van der Waals surface area (Å²) in [5.41, 5.74) is 5.03. The highest BCUT2D eigenvalue weighted by atomic mass is 16.5. The number of rotatable bonds is 7. The van der Waals surface area contributed by atoms with Gasteiger partial charge in [0.15, 0.2) is 0 Å². The summed E-state index contributed by atoms with van der Waals surface area (Å²) < 4.78 is 18.8. The number of methoxy groups -OCH3 is 2. The van der Waals surface area contributed by atoms with Crippen LogP contribution in [0, 0.1) is 0 Å². The summed E-state index contributed by atoms with van der Waals surface area (Å²) in [6, 6.07) is 18.3. The van der Waals surface area contributed by atoms with E-state index in [0.717, 1.165) is 86.2 Å². The number of para-hydroxylation sites is 1. The molecule has 0 spiro atoms. The fraction of sp³-hybridized carbons (Fsp3) is 0.400. The molecule has 2 fully saturated rings. The molecule has 9 heteroatoms. The van der Waals surface area contributed by atoms with Gasteiger partial charge >= 0.3 is 0 Å². The summed E-state index contributed by atoms with van der Waals surface area (Å²) in [6.07, 6.45) is 4.08. The van der Waals surface area contributed by atoms with E-state index in [1.165, 1.54) is 5.69 Å². The molecule has 0 bridgehead atoms. The molecule has 0 aliphatic carbocycles. The van der Waals surface area contributed by atoms with E-state index in [2.05, 4.69) is 39.2 Å². The van der Waals surface area contributed by atoms with Crippen molar-refractivity contribution in [3.05, 3.63) is 60.8 Å². The lowest BCUT2D eigenvalue weighted by molar-refractivity contribution is -0.0248. The van der Waals surface area contributed by atoms with Gasteiger partial charge in [0.25, 0.3) is 0 Å². The van der Waals surface area contributed by atoms with Crippen molar-refractivity contribution in [2.75, 3.05) is 63.8 Å². The summed E-state index contributed by atoms with van der Waals surface area (Å²) in [6.45, 7) is 8.18. The Balaban J connectivity index is 1.20. The molecule has 1 N–H and O–H groups in total. The Labute approximate surface area is 229 Å². The predicted molar refractivity (Wildman–Crippen MR) is 153 cm³/mol. The zero-order valence-electron chi connectivity index (χ0n) is 22.9. The average Bonchev–Trinajstić information content (AvgIpc) is 3.41. The molecule has 2 aromatic carbocycles. The van der Waals surface area contributed by atoms with Crippen molar-refractivity contribution in [2.24, 2.45) is 0 Å². The fourth-order valence-corrected chi connectivity index (χ4v) is 5.79. The first-order chi connectivity index (χ1) is 19.1. The highest BCUT2D eigenvalue weighted by Gasteiger charge is 2.36. The van der Waals surface area contributed by atoms with E-state index in [0.29, 0.717) is 5.95 Å². The lowest BCUT2D eigenvalue weighted by Gasteiger charge is -2.48. The third-order valence-electron chi connectivity index (χ3n) is 8.19. The Morgan fingerprint density at radius 2 is 1.67 bits per heavy atom. The van der Waals surface area contributed by atoms with E-state index in [4.69, 9.17) is 19.3 Å². The zero-order chi connectivity index (χ0) is 26.8. The number of nitrogens with zero attached hydrogens (tertiary/aromatic N) is 5. The maximum absolute atomic E-state index is 5.79. The molecular weight excluding hydrogens is 492 g/mol. The number of anilines is 3. The minimum atomic E-state index is 0.239. The van der Waals surface area contributed by atoms with Crippen LogP contribution in [0.1, 0.15) is 19.8 Å². The van der Waals surface area contributed by atoms with Gasteiger partial charge in [0.1, 0.15) is 11.5 Å². The summed E-state index contributed by atoms with van der Waals surface area (Å²) in [4.78, 5) is 9.61. The first-order valence-electron chi connectivity index (χ1n) is 13.6. The number of morpholine rings is 1. The number of hydrogen-bond donors (Lipinski definition) is 1. The second-order valence-corrected chi connectivity index (χ2v) is 10.4. The molecule has 2 aliphatic heterocycles. The quantitative estimate of drug-likeness (QED) is 0.365. The number of piperidine rings is 1. The van der Waals surface area contributed by atoms with Crippen LogP contribution in [0.5, 0.6) is 11.5 Å². The second kappa shape index (κ2) is 10.7. The second-order valence-electron chi connectivity index (χ2n) is 10.4. The van der Waals surface area contributed by atoms with Crippen LogP contribution in [0.15, 0.2) is 60.8 Å². The van der Waals surface area contributed by atoms with E-state index in [9.17, 15) is 0 Å². The maximum Gasteiger partial charge on any atom is 0.245 e. The summed E-state index contributed by atoms with van der Waals surface area (Å²) in [5.74, 6) is 2.04. The van der Waals surface area contributed by atoms with Crippen LogP contribution in [0.2, 0.25) is 0 Å². The zero-order valence-corrected chi connectivity index (χ0v) is 22.9. The van der Waals surface area contributed by atoms with Gasteiger partial charge in [-0.2, -0.15) is 0 Å². The van der Waals surface area contributed by atoms with Crippen molar-refractivity contribution >= 4 is 22.8 Å². The Kier molecular flexibility index (Phi) is 7.01. The highest BCUT2D eigenvalue weighted by Crippen LogP contribution is 2.36. The molecule has 0 unspecified atom stereocenters. The Morgan fingerprint density at radius 1 is 0.897 bits per heavy atom. The molecule has 2 saturated heterocycles. The molecular formula is C30H36N6O3. The lowest BCUT2D eigenvalue weighted by atomic mass is 9.87. The van der Waals surface area contributed by atoms with Crippen molar-refractivity contribution in [1.82, 2.24) is 19.5 Å². The van der Waals surface area contributed by atoms with Gasteiger partial charge in [0.2, 0.25) is 5.95 Å². The molecule has 4 heterocycles. The predicted octanol–water partition coefficient (Wildman–Crippen LogP) is 4.85. The van der Waals surface area contributed by atoms with E-state index >= 15 is 0 Å². The lowest BCUT2D eigenvalue weighted by Crippen LogP contribution is -2.56. The SMILES string of the molecule is COc1cc(N2CCC(C)(N3CCOCC3)CC2)ccc1Nc1ncc2ccc(-c3ccccc3OC)n2n1.